The molecule has 0 aromatic carbocycles. The first-order chi connectivity index (χ1) is 30.5. The van der Waals surface area contributed by atoms with Crippen molar-refractivity contribution < 1.29 is 28.6 Å². The first kappa shape index (κ1) is 60.4. The zero-order chi connectivity index (χ0) is 45.1. The molecule has 6 nitrogen and oxygen atoms in total. The number of rotatable bonds is 52. The van der Waals surface area contributed by atoms with Gasteiger partial charge in [-0.05, 0) is 19.3 Å². The number of esters is 3. The first-order valence-corrected chi connectivity index (χ1v) is 28.0. The first-order valence-electron chi connectivity index (χ1n) is 28.0. The lowest BCUT2D eigenvalue weighted by Crippen LogP contribution is -2.30. The van der Waals surface area contributed by atoms with Gasteiger partial charge < -0.3 is 14.2 Å². The van der Waals surface area contributed by atoms with E-state index in [1.807, 2.05) is 0 Å². The summed E-state index contributed by atoms with van der Waals surface area (Å²) in [5, 5.41) is 0. The summed E-state index contributed by atoms with van der Waals surface area (Å²) in [6.07, 6.45) is 57.0. The Kier molecular flexibility index (Phi) is 50.7. The maximum absolute atomic E-state index is 12.7. The molecule has 62 heavy (non-hydrogen) atoms. The third kappa shape index (κ3) is 49.4. The van der Waals surface area contributed by atoms with Gasteiger partial charge in [-0.3, -0.25) is 14.4 Å². The Morgan fingerprint density at radius 1 is 0.258 bits per heavy atom. The van der Waals surface area contributed by atoms with Crippen molar-refractivity contribution in [2.75, 3.05) is 13.2 Å². The number of hydrogen-bond acceptors (Lipinski definition) is 6. The Labute approximate surface area is 387 Å². The van der Waals surface area contributed by atoms with Crippen LogP contribution in [0.4, 0.5) is 0 Å². The fourth-order valence-corrected chi connectivity index (χ4v) is 8.62. The normalized spacial score (nSPS) is 11.9. The highest BCUT2D eigenvalue weighted by Crippen LogP contribution is 2.18. The van der Waals surface area contributed by atoms with Gasteiger partial charge in [0.25, 0.3) is 0 Å². The van der Waals surface area contributed by atoms with E-state index in [1.165, 1.54) is 225 Å². The van der Waals surface area contributed by atoms with Crippen LogP contribution in [0.15, 0.2) is 0 Å². The van der Waals surface area contributed by atoms with Crippen LogP contribution in [0.2, 0.25) is 0 Å². The van der Waals surface area contributed by atoms with Gasteiger partial charge in [-0.2, -0.15) is 0 Å². The van der Waals surface area contributed by atoms with Crippen molar-refractivity contribution in [3.05, 3.63) is 0 Å². The molecule has 1 unspecified atom stereocenters. The second-order valence-electron chi connectivity index (χ2n) is 19.2. The minimum Gasteiger partial charge on any atom is -0.462 e. The summed E-state index contributed by atoms with van der Waals surface area (Å²) in [6.45, 7) is 6.64. The van der Waals surface area contributed by atoms with Crippen LogP contribution in [-0.4, -0.2) is 37.2 Å². The standard InChI is InChI=1S/C56H108O6/c1-4-7-10-13-16-18-20-21-22-23-24-25-26-27-28-29-30-31-32-33-34-36-37-40-43-46-49-55(58)61-52-53(51-60-54(57)48-45-42-39-15-12-9-6-3)62-56(59)50-47-44-41-38-35-19-17-14-11-8-5-2/h53H,4-52H2,1-3H3. The van der Waals surface area contributed by atoms with Gasteiger partial charge in [0.05, 0.1) is 0 Å². The van der Waals surface area contributed by atoms with Crippen molar-refractivity contribution >= 4 is 17.9 Å². The van der Waals surface area contributed by atoms with E-state index in [9.17, 15) is 14.4 Å². The summed E-state index contributed by atoms with van der Waals surface area (Å²) < 4.78 is 16.7. The predicted molar refractivity (Wildman–Crippen MR) is 266 cm³/mol. The van der Waals surface area contributed by atoms with E-state index in [2.05, 4.69) is 20.8 Å². The maximum Gasteiger partial charge on any atom is 0.306 e. The summed E-state index contributed by atoms with van der Waals surface area (Å²) in [4.78, 5) is 37.8. The highest BCUT2D eigenvalue weighted by Gasteiger charge is 2.19. The van der Waals surface area contributed by atoms with Crippen molar-refractivity contribution in [1.29, 1.82) is 0 Å². The van der Waals surface area contributed by atoms with Gasteiger partial charge in [-0.25, -0.2) is 0 Å². The molecule has 0 amide bonds. The van der Waals surface area contributed by atoms with Crippen LogP contribution >= 0.6 is 0 Å². The van der Waals surface area contributed by atoms with Crippen LogP contribution in [0.25, 0.3) is 0 Å². The molecule has 6 heteroatoms. The average molecular weight is 877 g/mol. The Bertz CT molecular complexity index is 920. The van der Waals surface area contributed by atoms with Crippen molar-refractivity contribution in [3.8, 4) is 0 Å². The third-order valence-corrected chi connectivity index (χ3v) is 12.9. The van der Waals surface area contributed by atoms with E-state index in [0.29, 0.717) is 19.3 Å². The van der Waals surface area contributed by atoms with Crippen molar-refractivity contribution in [2.45, 2.75) is 329 Å². The molecule has 0 heterocycles. The minimum absolute atomic E-state index is 0.0625. The van der Waals surface area contributed by atoms with Crippen LogP contribution in [0, 0.1) is 0 Å². The smallest absolute Gasteiger partial charge is 0.306 e. The number of carbonyl (C=O) groups is 3. The molecule has 0 aliphatic carbocycles. The molecule has 0 radical (unpaired) electrons. The largest absolute Gasteiger partial charge is 0.462 e. The number of unbranched alkanes of at least 4 members (excludes halogenated alkanes) is 41. The molecule has 368 valence electrons. The lowest BCUT2D eigenvalue weighted by Gasteiger charge is -2.18. The topological polar surface area (TPSA) is 78.9 Å². The predicted octanol–water partition coefficient (Wildman–Crippen LogP) is 18.4. The Hall–Kier alpha value is -1.59. The van der Waals surface area contributed by atoms with E-state index in [-0.39, 0.29) is 31.1 Å². The van der Waals surface area contributed by atoms with E-state index in [0.717, 1.165) is 57.8 Å². The van der Waals surface area contributed by atoms with E-state index >= 15 is 0 Å². The van der Waals surface area contributed by atoms with Gasteiger partial charge in [-0.1, -0.05) is 284 Å². The van der Waals surface area contributed by atoms with Crippen LogP contribution in [0.5, 0.6) is 0 Å². The quantitative estimate of drug-likeness (QED) is 0.0344. The van der Waals surface area contributed by atoms with Gasteiger partial charge >= 0.3 is 17.9 Å². The molecule has 0 bridgehead atoms. The maximum atomic E-state index is 12.7. The molecule has 0 aliphatic rings. The molecule has 0 aromatic rings. The number of carbonyl (C=O) groups excluding carboxylic acids is 3. The van der Waals surface area contributed by atoms with Crippen molar-refractivity contribution in [1.82, 2.24) is 0 Å². The molecule has 0 saturated carbocycles. The van der Waals surface area contributed by atoms with Crippen molar-refractivity contribution in [2.24, 2.45) is 0 Å². The molecule has 0 fully saturated rings. The highest BCUT2D eigenvalue weighted by molar-refractivity contribution is 5.71. The Balaban J connectivity index is 3.98. The molecule has 0 aliphatic heterocycles. The Morgan fingerprint density at radius 3 is 0.645 bits per heavy atom. The Morgan fingerprint density at radius 2 is 0.435 bits per heavy atom. The SMILES string of the molecule is CCCCCCCCCCCCCCCCCCCCCCCCCCCCC(=O)OCC(COC(=O)CCCCCCCCC)OC(=O)CCCCCCCCCCCCC. The number of hydrogen-bond donors (Lipinski definition) is 0. The fourth-order valence-electron chi connectivity index (χ4n) is 8.62. The monoisotopic (exact) mass is 877 g/mol. The van der Waals surface area contributed by atoms with Gasteiger partial charge in [0.15, 0.2) is 6.10 Å². The van der Waals surface area contributed by atoms with Gasteiger partial charge in [0.2, 0.25) is 0 Å². The summed E-state index contributed by atoms with van der Waals surface area (Å²) in [6, 6.07) is 0. The molecule has 1 atom stereocenters. The van der Waals surface area contributed by atoms with Crippen molar-refractivity contribution in [3.63, 3.8) is 0 Å². The van der Waals surface area contributed by atoms with E-state index < -0.39 is 6.10 Å². The highest BCUT2D eigenvalue weighted by atomic mass is 16.6. The summed E-state index contributed by atoms with van der Waals surface area (Å²) in [5.74, 6) is -0.850. The summed E-state index contributed by atoms with van der Waals surface area (Å²) in [7, 11) is 0. The number of ether oxygens (including phenoxy) is 3. The lowest BCUT2D eigenvalue weighted by atomic mass is 10.0. The molecule has 0 rings (SSSR count). The second-order valence-corrected chi connectivity index (χ2v) is 19.2. The van der Waals surface area contributed by atoms with E-state index in [4.69, 9.17) is 14.2 Å². The zero-order valence-electron chi connectivity index (χ0n) is 42.2. The van der Waals surface area contributed by atoms with Crippen LogP contribution in [0.3, 0.4) is 0 Å². The minimum atomic E-state index is -0.758. The molecule has 0 N–H and O–H groups in total. The van der Waals surface area contributed by atoms with Gasteiger partial charge in [0, 0.05) is 19.3 Å². The molecular formula is C56H108O6. The average Bonchev–Trinajstić information content (AvgIpc) is 3.27. The van der Waals surface area contributed by atoms with Gasteiger partial charge in [0.1, 0.15) is 13.2 Å². The lowest BCUT2D eigenvalue weighted by molar-refractivity contribution is -0.167. The fraction of sp³-hybridized carbons (Fsp3) is 0.946. The third-order valence-electron chi connectivity index (χ3n) is 12.9. The molecular weight excluding hydrogens is 769 g/mol. The summed E-state index contributed by atoms with van der Waals surface area (Å²) >= 11 is 0. The molecule has 0 saturated heterocycles. The van der Waals surface area contributed by atoms with Gasteiger partial charge in [-0.15, -0.1) is 0 Å². The molecule has 0 aromatic heterocycles. The molecule has 0 spiro atoms. The van der Waals surface area contributed by atoms with Crippen LogP contribution < -0.4 is 0 Å². The second kappa shape index (κ2) is 52.0. The zero-order valence-corrected chi connectivity index (χ0v) is 42.2. The van der Waals surface area contributed by atoms with Crippen LogP contribution in [-0.2, 0) is 28.6 Å². The summed E-state index contributed by atoms with van der Waals surface area (Å²) in [5.41, 5.74) is 0. The van der Waals surface area contributed by atoms with E-state index in [1.54, 1.807) is 0 Å². The van der Waals surface area contributed by atoms with Crippen LogP contribution in [0.1, 0.15) is 323 Å².